The van der Waals surface area contributed by atoms with E-state index in [1.807, 2.05) is 6.92 Å². The van der Waals surface area contributed by atoms with Gasteiger partial charge in [-0.1, -0.05) is 90.5 Å². The Labute approximate surface area is 129 Å². The monoisotopic (exact) mass is 298 g/mol. The molecule has 2 unspecified atom stereocenters. The second-order valence-electron chi connectivity index (χ2n) is 7.50. The van der Waals surface area contributed by atoms with Gasteiger partial charge in [0.2, 0.25) is 0 Å². The van der Waals surface area contributed by atoms with Gasteiger partial charge >= 0.3 is 0 Å². The molecule has 0 aliphatic carbocycles. The lowest BCUT2D eigenvalue weighted by molar-refractivity contribution is 0.132. The highest BCUT2D eigenvalue weighted by Crippen LogP contribution is 2.44. The highest BCUT2D eigenvalue weighted by molar-refractivity contribution is 6.65. The van der Waals surface area contributed by atoms with Crippen molar-refractivity contribution in [3.63, 3.8) is 0 Å². The average Bonchev–Trinajstić information content (AvgIpc) is 2.28. The maximum Gasteiger partial charge on any atom is 0.0671 e. The third kappa shape index (κ3) is 7.08. The van der Waals surface area contributed by atoms with Gasteiger partial charge in [-0.05, 0) is 12.0 Å². The highest BCUT2D eigenvalue weighted by Gasteiger charge is 2.38. The summed E-state index contributed by atoms with van der Waals surface area (Å²) in [5.41, 5.74) is 2.94. The van der Waals surface area contributed by atoms with Gasteiger partial charge < -0.3 is 4.74 Å². The van der Waals surface area contributed by atoms with Crippen LogP contribution in [0.4, 0.5) is 0 Å². The van der Waals surface area contributed by atoms with E-state index in [9.17, 15) is 0 Å². The fourth-order valence-electron chi connectivity index (χ4n) is 3.96. The van der Waals surface area contributed by atoms with Crippen LogP contribution >= 0.6 is 0 Å². The third-order valence-corrected chi connectivity index (χ3v) is 9.53. The summed E-state index contributed by atoms with van der Waals surface area (Å²) in [5, 5.41) is 0.374. The Morgan fingerprint density at radius 2 is 1.55 bits per heavy atom. The molecule has 0 aliphatic heterocycles. The van der Waals surface area contributed by atoms with Gasteiger partial charge in [-0.15, -0.1) is 0 Å². The van der Waals surface area contributed by atoms with Crippen LogP contribution in [0, 0.1) is 0 Å². The molecule has 0 saturated carbocycles. The maximum atomic E-state index is 5.93. The van der Waals surface area contributed by atoms with Crippen LogP contribution in [0.25, 0.3) is 0 Å². The summed E-state index contributed by atoms with van der Waals surface area (Å²) in [5.74, 6) is 0. The van der Waals surface area contributed by atoms with Crippen molar-refractivity contribution < 1.29 is 4.74 Å². The number of hydrogen-bond acceptors (Lipinski definition) is 1. The first-order chi connectivity index (χ1) is 9.26. The Kier molecular flexibility index (Phi) is 9.74. The fourth-order valence-corrected chi connectivity index (χ4v) is 9.85. The van der Waals surface area contributed by atoms with Gasteiger partial charge in [0.15, 0.2) is 0 Å². The minimum absolute atomic E-state index is 0.374. The average molecular weight is 299 g/mol. The summed E-state index contributed by atoms with van der Waals surface area (Å²) < 4.78 is 5.93. The fraction of sp³-hybridized carbons (Fsp3) is 0.889. The molecule has 0 amide bonds. The van der Waals surface area contributed by atoms with Gasteiger partial charge in [-0.3, -0.25) is 0 Å². The zero-order valence-corrected chi connectivity index (χ0v) is 16.2. The van der Waals surface area contributed by atoms with E-state index >= 15 is 0 Å². The SMILES string of the molecule is C=C(C)COCC(C)(C)[SiH](C(C)CCC)C(C)CCC. The van der Waals surface area contributed by atoms with Crippen LogP contribution < -0.4 is 0 Å². The maximum absolute atomic E-state index is 5.93. The quantitative estimate of drug-likeness (QED) is 0.337. The summed E-state index contributed by atoms with van der Waals surface area (Å²) >= 11 is 0. The first-order valence-corrected chi connectivity index (χ1v) is 10.4. The second-order valence-corrected chi connectivity index (χ2v) is 12.4. The lowest BCUT2D eigenvalue weighted by Gasteiger charge is -2.41. The van der Waals surface area contributed by atoms with Crippen molar-refractivity contribution in [2.75, 3.05) is 13.2 Å². The molecule has 0 N–H and O–H groups in total. The zero-order chi connectivity index (χ0) is 15.8. The molecule has 0 aliphatic rings. The topological polar surface area (TPSA) is 9.23 Å². The summed E-state index contributed by atoms with van der Waals surface area (Å²) in [6, 6.07) is 0. The van der Waals surface area contributed by atoms with Crippen molar-refractivity contribution in [2.45, 2.75) is 90.3 Å². The van der Waals surface area contributed by atoms with Gasteiger partial charge in [0.1, 0.15) is 0 Å². The minimum atomic E-state index is -0.884. The van der Waals surface area contributed by atoms with Crippen molar-refractivity contribution in [1.29, 1.82) is 0 Å². The lowest BCUT2D eigenvalue weighted by Crippen LogP contribution is -2.38. The number of hydrogen-bond donors (Lipinski definition) is 0. The van der Waals surface area contributed by atoms with E-state index in [1.54, 1.807) is 0 Å². The van der Waals surface area contributed by atoms with Gasteiger partial charge in [0.05, 0.1) is 15.4 Å². The predicted octanol–water partition coefficient (Wildman–Crippen LogP) is 5.97. The Balaban J connectivity index is 4.82. The lowest BCUT2D eigenvalue weighted by atomic mass is 10.2. The summed E-state index contributed by atoms with van der Waals surface area (Å²) in [4.78, 5) is 0. The van der Waals surface area contributed by atoms with E-state index in [1.165, 1.54) is 25.7 Å². The van der Waals surface area contributed by atoms with E-state index < -0.39 is 8.80 Å². The van der Waals surface area contributed by atoms with Crippen molar-refractivity contribution in [2.24, 2.45) is 0 Å². The molecule has 0 heterocycles. The highest BCUT2D eigenvalue weighted by atomic mass is 28.3. The molecule has 0 rings (SSSR count). The molecule has 0 radical (unpaired) electrons. The molecule has 0 aromatic carbocycles. The third-order valence-electron chi connectivity index (χ3n) is 4.44. The molecule has 0 fully saturated rings. The van der Waals surface area contributed by atoms with Crippen LogP contribution in [0.1, 0.15) is 74.1 Å². The van der Waals surface area contributed by atoms with Crippen LogP contribution in [-0.2, 0) is 4.74 Å². The molecule has 0 bridgehead atoms. The number of rotatable bonds is 11. The van der Waals surface area contributed by atoms with Gasteiger partial charge in [0.25, 0.3) is 0 Å². The largest absolute Gasteiger partial charge is 0.377 e. The summed E-state index contributed by atoms with van der Waals surface area (Å²) in [6.45, 7) is 22.1. The minimum Gasteiger partial charge on any atom is -0.377 e. The molecule has 1 nitrogen and oxygen atoms in total. The molecule has 2 atom stereocenters. The normalized spacial score (nSPS) is 16.8. The molecular formula is C18H38OSi. The van der Waals surface area contributed by atoms with Crippen LogP contribution in [0.15, 0.2) is 12.2 Å². The van der Waals surface area contributed by atoms with E-state index in [4.69, 9.17) is 4.74 Å². The second kappa shape index (κ2) is 9.78. The van der Waals surface area contributed by atoms with Crippen LogP contribution in [0.5, 0.6) is 0 Å². The molecule has 0 spiro atoms. The molecule has 0 aromatic heterocycles. The molecule has 0 saturated heterocycles. The molecule has 20 heavy (non-hydrogen) atoms. The first kappa shape index (κ1) is 19.9. The van der Waals surface area contributed by atoms with Gasteiger partial charge in [-0.2, -0.15) is 0 Å². The smallest absolute Gasteiger partial charge is 0.0671 e. The standard InChI is InChI=1S/C18H38OSi/c1-9-11-16(5)20(17(6)12-10-2)18(7,8)14-19-13-15(3)4/h16-17,20H,3,9-14H2,1-2,4-8H3. The Bertz CT molecular complexity index is 261. The molecule has 2 heteroatoms. The van der Waals surface area contributed by atoms with Crippen LogP contribution in [0.2, 0.25) is 16.1 Å². The van der Waals surface area contributed by atoms with Crippen molar-refractivity contribution in [3.8, 4) is 0 Å². The van der Waals surface area contributed by atoms with Crippen LogP contribution in [-0.4, -0.2) is 22.0 Å². The van der Waals surface area contributed by atoms with Crippen molar-refractivity contribution in [3.05, 3.63) is 12.2 Å². The Hall–Kier alpha value is -0.0831. The van der Waals surface area contributed by atoms with E-state index in [2.05, 4.69) is 48.1 Å². The van der Waals surface area contributed by atoms with Gasteiger partial charge in [0, 0.05) is 6.61 Å². The Morgan fingerprint density at radius 3 is 1.90 bits per heavy atom. The summed E-state index contributed by atoms with van der Waals surface area (Å²) in [7, 11) is -0.884. The van der Waals surface area contributed by atoms with E-state index in [0.29, 0.717) is 5.04 Å². The zero-order valence-electron chi connectivity index (χ0n) is 15.1. The Morgan fingerprint density at radius 1 is 1.10 bits per heavy atom. The van der Waals surface area contributed by atoms with E-state index in [0.717, 1.165) is 29.9 Å². The van der Waals surface area contributed by atoms with Gasteiger partial charge in [-0.25, -0.2) is 0 Å². The van der Waals surface area contributed by atoms with Crippen LogP contribution in [0.3, 0.4) is 0 Å². The molecule has 0 aromatic rings. The number of ether oxygens (including phenoxy) is 1. The molecule has 120 valence electrons. The van der Waals surface area contributed by atoms with Crippen molar-refractivity contribution in [1.82, 2.24) is 0 Å². The molecular weight excluding hydrogens is 260 g/mol. The van der Waals surface area contributed by atoms with E-state index in [-0.39, 0.29) is 0 Å². The summed E-state index contributed by atoms with van der Waals surface area (Å²) in [6.07, 6.45) is 5.39. The predicted molar refractivity (Wildman–Crippen MR) is 95.5 cm³/mol. The van der Waals surface area contributed by atoms with Crippen molar-refractivity contribution >= 4 is 8.80 Å². The first-order valence-electron chi connectivity index (χ1n) is 8.48.